The zero-order valence-corrected chi connectivity index (χ0v) is 12.3. The van der Waals surface area contributed by atoms with Crippen LogP contribution in [-0.2, 0) is 0 Å². The highest BCUT2D eigenvalue weighted by Gasteiger charge is 2.20. The Kier molecular flexibility index (Phi) is 4.59. The van der Waals surface area contributed by atoms with E-state index in [1.165, 1.54) is 0 Å². The SMILES string of the molecule is CCCC(C)(O)CNc1nc(N)nc(N2CCCC2)n1. The van der Waals surface area contributed by atoms with Crippen molar-refractivity contribution in [3.8, 4) is 0 Å². The summed E-state index contributed by atoms with van der Waals surface area (Å²) in [6.07, 6.45) is 3.95. The molecule has 1 unspecified atom stereocenters. The van der Waals surface area contributed by atoms with Crippen LogP contribution in [0.1, 0.15) is 39.5 Å². The number of hydrogen-bond acceptors (Lipinski definition) is 7. The fourth-order valence-electron chi connectivity index (χ4n) is 2.41. The lowest BCUT2D eigenvalue weighted by Gasteiger charge is -2.23. The predicted octanol–water partition coefficient (Wildman–Crippen LogP) is 1.02. The highest BCUT2D eigenvalue weighted by molar-refractivity contribution is 5.42. The highest BCUT2D eigenvalue weighted by Crippen LogP contribution is 2.18. The molecule has 7 heteroatoms. The van der Waals surface area contributed by atoms with Crippen LogP contribution in [0.15, 0.2) is 0 Å². The third-order valence-corrected chi connectivity index (χ3v) is 3.45. The highest BCUT2D eigenvalue weighted by atomic mass is 16.3. The second-order valence-corrected chi connectivity index (χ2v) is 5.61. The average Bonchev–Trinajstić information content (AvgIpc) is 2.90. The molecule has 1 aromatic heterocycles. The van der Waals surface area contributed by atoms with Crippen LogP contribution in [0.25, 0.3) is 0 Å². The second-order valence-electron chi connectivity index (χ2n) is 5.61. The topological polar surface area (TPSA) is 100 Å². The van der Waals surface area contributed by atoms with Gasteiger partial charge in [-0.1, -0.05) is 13.3 Å². The van der Waals surface area contributed by atoms with Crippen LogP contribution in [0.4, 0.5) is 17.8 Å². The number of nitrogen functional groups attached to an aromatic ring is 1. The molecule has 0 bridgehead atoms. The molecule has 20 heavy (non-hydrogen) atoms. The lowest BCUT2D eigenvalue weighted by molar-refractivity contribution is 0.0635. The second kappa shape index (κ2) is 6.21. The number of aromatic nitrogens is 3. The summed E-state index contributed by atoms with van der Waals surface area (Å²) in [5.74, 6) is 1.25. The first-order valence-electron chi connectivity index (χ1n) is 7.23. The minimum Gasteiger partial charge on any atom is -0.388 e. The largest absolute Gasteiger partial charge is 0.388 e. The monoisotopic (exact) mass is 280 g/mol. The molecule has 1 fully saturated rings. The summed E-state index contributed by atoms with van der Waals surface area (Å²) < 4.78 is 0. The van der Waals surface area contributed by atoms with Crippen LogP contribution in [0.2, 0.25) is 0 Å². The van der Waals surface area contributed by atoms with Crippen molar-refractivity contribution >= 4 is 17.8 Å². The Bertz CT molecular complexity index is 444. The Morgan fingerprint density at radius 2 is 2.00 bits per heavy atom. The molecule has 0 aliphatic carbocycles. The van der Waals surface area contributed by atoms with Crippen molar-refractivity contribution in [3.05, 3.63) is 0 Å². The molecule has 4 N–H and O–H groups in total. The Morgan fingerprint density at radius 1 is 1.30 bits per heavy atom. The van der Waals surface area contributed by atoms with Crippen LogP contribution >= 0.6 is 0 Å². The van der Waals surface area contributed by atoms with E-state index < -0.39 is 5.60 Å². The number of nitrogens with two attached hydrogens (primary N) is 1. The summed E-state index contributed by atoms with van der Waals surface area (Å²) >= 11 is 0. The third-order valence-electron chi connectivity index (χ3n) is 3.45. The maximum absolute atomic E-state index is 10.2. The lowest BCUT2D eigenvalue weighted by Crippen LogP contribution is -2.34. The molecule has 112 valence electrons. The smallest absolute Gasteiger partial charge is 0.231 e. The summed E-state index contributed by atoms with van der Waals surface area (Å²) in [7, 11) is 0. The van der Waals surface area contributed by atoms with E-state index in [4.69, 9.17) is 5.73 Å². The van der Waals surface area contributed by atoms with Gasteiger partial charge in [-0.15, -0.1) is 0 Å². The molecule has 2 rings (SSSR count). The van der Waals surface area contributed by atoms with Crippen molar-refractivity contribution < 1.29 is 5.11 Å². The third kappa shape index (κ3) is 3.93. The molecular weight excluding hydrogens is 256 g/mol. The summed E-state index contributed by atoms with van der Waals surface area (Å²) in [6.45, 7) is 6.15. The van der Waals surface area contributed by atoms with Gasteiger partial charge in [0, 0.05) is 19.6 Å². The zero-order valence-electron chi connectivity index (χ0n) is 12.3. The molecule has 1 atom stereocenters. The normalized spacial score (nSPS) is 18.1. The average molecular weight is 280 g/mol. The number of rotatable bonds is 6. The van der Waals surface area contributed by atoms with E-state index >= 15 is 0 Å². The summed E-state index contributed by atoms with van der Waals surface area (Å²) in [4.78, 5) is 14.7. The molecular formula is C13H24N6O. The molecule has 0 aromatic carbocycles. The van der Waals surface area contributed by atoms with Crippen LogP contribution < -0.4 is 16.0 Å². The van der Waals surface area contributed by atoms with E-state index in [2.05, 4.69) is 25.2 Å². The molecule has 0 saturated carbocycles. The van der Waals surface area contributed by atoms with Crippen molar-refractivity contribution in [2.45, 2.75) is 45.1 Å². The van der Waals surface area contributed by atoms with Crippen molar-refractivity contribution in [2.24, 2.45) is 0 Å². The van der Waals surface area contributed by atoms with E-state index in [0.29, 0.717) is 18.4 Å². The van der Waals surface area contributed by atoms with Gasteiger partial charge in [-0.2, -0.15) is 15.0 Å². The number of anilines is 3. The Morgan fingerprint density at radius 3 is 2.65 bits per heavy atom. The molecule has 7 nitrogen and oxygen atoms in total. The summed E-state index contributed by atoms with van der Waals surface area (Å²) in [5, 5.41) is 13.2. The molecule has 1 aromatic rings. The minimum absolute atomic E-state index is 0.208. The summed E-state index contributed by atoms with van der Waals surface area (Å²) in [6, 6.07) is 0. The van der Waals surface area contributed by atoms with Gasteiger partial charge in [-0.3, -0.25) is 0 Å². The van der Waals surface area contributed by atoms with Crippen molar-refractivity contribution in [2.75, 3.05) is 35.6 Å². The predicted molar refractivity (Wildman–Crippen MR) is 79.7 cm³/mol. The first-order valence-corrected chi connectivity index (χ1v) is 7.23. The molecule has 0 radical (unpaired) electrons. The van der Waals surface area contributed by atoms with Crippen LogP contribution in [-0.4, -0.2) is 45.3 Å². The molecule has 2 heterocycles. The molecule has 1 aliphatic heterocycles. The molecule has 0 spiro atoms. The van der Waals surface area contributed by atoms with E-state index in [1.54, 1.807) is 6.92 Å². The van der Waals surface area contributed by atoms with Crippen LogP contribution in [0, 0.1) is 0 Å². The standard InChI is InChI=1S/C13H24N6O/c1-3-6-13(2,20)9-15-11-16-10(14)17-12(18-11)19-7-4-5-8-19/h20H,3-9H2,1-2H3,(H3,14,15,16,17,18). The van der Waals surface area contributed by atoms with Gasteiger partial charge in [0.25, 0.3) is 0 Å². The quantitative estimate of drug-likeness (QED) is 0.715. The van der Waals surface area contributed by atoms with E-state index in [9.17, 15) is 5.11 Å². The number of aliphatic hydroxyl groups is 1. The Labute approximate surface area is 119 Å². The number of hydrogen-bond donors (Lipinski definition) is 3. The van der Waals surface area contributed by atoms with E-state index in [0.717, 1.165) is 38.8 Å². The maximum Gasteiger partial charge on any atom is 0.231 e. The first-order chi connectivity index (χ1) is 9.50. The fraction of sp³-hybridized carbons (Fsp3) is 0.769. The maximum atomic E-state index is 10.2. The van der Waals surface area contributed by atoms with E-state index in [-0.39, 0.29) is 5.95 Å². The molecule has 1 aliphatic rings. The molecule has 0 amide bonds. The van der Waals surface area contributed by atoms with Gasteiger partial charge in [0.05, 0.1) is 5.60 Å². The van der Waals surface area contributed by atoms with Gasteiger partial charge < -0.3 is 21.1 Å². The van der Waals surface area contributed by atoms with Gasteiger partial charge in [0.2, 0.25) is 17.8 Å². The van der Waals surface area contributed by atoms with Crippen molar-refractivity contribution in [1.29, 1.82) is 0 Å². The van der Waals surface area contributed by atoms with Gasteiger partial charge in [0.15, 0.2) is 0 Å². The Hall–Kier alpha value is -1.63. The van der Waals surface area contributed by atoms with E-state index in [1.807, 2.05) is 6.92 Å². The summed E-state index contributed by atoms with van der Waals surface area (Å²) in [5.41, 5.74) is 4.96. The molecule has 1 saturated heterocycles. The van der Waals surface area contributed by atoms with Crippen molar-refractivity contribution in [3.63, 3.8) is 0 Å². The zero-order chi connectivity index (χ0) is 14.6. The van der Waals surface area contributed by atoms with Crippen LogP contribution in [0.5, 0.6) is 0 Å². The Balaban J connectivity index is 2.04. The van der Waals surface area contributed by atoms with Gasteiger partial charge >= 0.3 is 0 Å². The first kappa shape index (κ1) is 14.8. The number of nitrogens with zero attached hydrogens (tertiary/aromatic N) is 4. The van der Waals surface area contributed by atoms with Gasteiger partial charge in [0.1, 0.15) is 0 Å². The lowest BCUT2D eigenvalue weighted by atomic mass is 10.0. The van der Waals surface area contributed by atoms with Crippen LogP contribution in [0.3, 0.4) is 0 Å². The van der Waals surface area contributed by atoms with Gasteiger partial charge in [-0.25, -0.2) is 0 Å². The van der Waals surface area contributed by atoms with Crippen molar-refractivity contribution in [1.82, 2.24) is 15.0 Å². The fourth-order valence-corrected chi connectivity index (χ4v) is 2.41. The minimum atomic E-state index is -0.774. The number of nitrogens with one attached hydrogen (secondary N) is 1. The van der Waals surface area contributed by atoms with Gasteiger partial charge in [-0.05, 0) is 26.2 Å².